The Balaban J connectivity index is 1.66. The average molecular weight is 249 g/mol. The predicted octanol–water partition coefficient (Wildman–Crippen LogP) is 1.51. The largest absolute Gasteiger partial charge is 0.381 e. The van der Waals surface area contributed by atoms with Gasteiger partial charge in [-0.25, -0.2) is 0 Å². The molecule has 3 rings (SSSR count). The van der Waals surface area contributed by atoms with Crippen LogP contribution in [0.4, 0.5) is 0 Å². The van der Waals surface area contributed by atoms with Crippen LogP contribution in [0, 0.1) is 5.41 Å². The van der Waals surface area contributed by atoms with Crippen LogP contribution in [0.2, 0.25) is 0 Å². The van der Waals surface area contributed by atoms with Gasteiger partial charge < -0.3 is 10.1 Å². The summed E-state index contributed by atoms with van der Waals surface area (Å²) in [6.45, 7) is 2.91. The predicted molar refractivity (Wildman–Crippen MR) is 70.4 cm³/mol. The number of nitrogens with zero attached hydrogens (tertiary/aromatic N) is 2. The van der Waals surface area contributed by atoms with E-state index in [1.165, 1.54) is 31.2 Å². The second kappa shape index (κ2) is 5.02. The molecule has 1 atom stereocenters. The van der Waals surface area contributed by atoms with Crippen molar-refractivity contribution in [1.29, 1.82) is 0 Å². The van der Waals surface area contributed by atoms with Crippen molar-refractivity contribution in [2.24, 2.45) is 12.5 Å². The van der Waals surface area contributed by atoms with Gasteiger partial charge in [-0.15, -0.1) is 0 Å². The second-order valence-corrected chi connectivity index (χ2v) is 6.01. The Morgan fingerprint density at radius 1 is 1.56 bits per heavy atom. The normalized spacial score (nSPS) is 28.5. The third-order valence-corrected chi connectivity index (χ3v) is 4.08. The van der Waals surface area contributed by atoms with E-state index in [0.717, 1.165) is 32.2 Å². The maximum Gasteiger partial charge on any atom is 0.0537 e. The highest BCUT2D eigenvalue weighted by Crippen LogP contribution is 2.33. The SMILES string of the molecule is Cn1cc(CC2(CNC3CC3)CCCOC2)cn1. The van der Waals surface area contributed by atoms with Gasteiger partial charge in [-0.1, -0.05) is 0 Å². The van der Waals surface area contributed by atoms with E-state index in [-0.39, 0.29) is 5.41 Å². The Morgan fingerprint density at radius 2 is 2.44 bits per heavy atom. The van der Waals surface area contributed by atoms with Gasteiger partial charge in [0.15, 0.2) is 0 Å². The summed E-state index contributed by atoms with van der Waals surface area (Å²) in [5, 5.41) is 7.96. The highest BCUT2D eigenvalue weighted by atomic mass is 16.5. The summed E-state index contributed by atoms with van der Waals surface area (Å²) in [4.78, 5) is 0. The number of ether oxygens (including phenoxy) is 1. The molecule has 1 aromatic heterocycles. The van der Waals surface area contributed by atoms with E-state index in [0.29, 0.717) is 0 Å². The topological polar surface area (TPSA) is 39.1 Å². The van der Waals surface area contributed by atoms with Crippen molar-refractivity contribution < 1.29 is 4.74 Å². The lowest BCUT2D eigenvalue weighted by atomic mass is 9.77. The zero-order chi connectivity index (χ0) is 12.4. The maximum atomic E-state index is 5.75. The van der Waals surface area contributed by atoms with Gasteiger partial charge in [-0.05, 0) is 37.7 Å². The Bertz CT molecular complexity index is 391. The number of rotatable bonds is 5. The van der Waals surface area contributed by atoms with Gasteiger partial charge >= 0.3 is 0 Å². The monoisotopic (exact) mass is 249 g/mol. The van der Waals surface area contributed by atoms with Crippen LogP contribution in [-0.2, 0) is 18.2 Å². The molecule has 1 aliphatic heterocycles. The van der Waals surface area contributed by atoms with Gasteiger partial charge in [0.2, 0.25) is 0 Å². The zero-order valence-electron chi connectivity index (χ0n) is 11.2. The third-order valence-electron chi connectivity index (χ3n) is 4.08. The van der Waals surface area contributed by atoms with Crippen LogP contribution in [0.5, 0.6) is 0 Å². The molecule has 1 saturated carbocycles. The fourth-order valence-electron chi connectivity index (χ4n) is 2.90. The summed E-state index contributed by atoms with van der Waals surface area (Å²) < 4.78 is 7.64. The van der Waals surface area contributed by atoms with Gasteiger partial charge in [0.1, 0.15) is 0 Å². The lowest BCUT2D eigenvalue weighted by Gasteiger charge is -2.37. The smallest absolute Gasteiger partial charge is 0.0537 e. The fourth-order valence-corrected chi connectivity index (χ4v) is 2.90. The first-order chi connectivity index (χ1) is 8.76. The molecule has 0 amide bonds. The summed E-state index contributed by atoms with van der Waals surface area (Å²) in [5.41, 5.74) is 1.62. The van der Waals surface area contributed by atoms with Crippen LogP contribution < -0.4 is 5.32 Å². The third kappa shape index (κ3) is 2.93. The first-order valence-corrected chi connectivity index (χ1v) is 7.04. The molecule has 4 heteroatoms. The van der Waals surface area contributed by atoms with E-state index in [1.54, 1.807) is 0 Å². The number of hydrogen-bond donors (Lipinski definition) is 1. The van der Waals surface area contributed by atoms with E-state index in [4.69, 9.17) is 4.74 Å². The molecule has 1 aliphatic carbocycles. The molecule has 2 heterocycles. The molecule has 2 fully saturated rings. The van der Waals surface area contributed by atoms with Gasteiger partial charge in [0.05, 0.1) is 12.8 Å². The van der Waals surface area contributed by atoms with E-state index >= 15 is 0 Å². The average Bonchev–Trinajstić information content (AvgIpc) is 3.12. The summed E-state index contributed by atoms with van der Waals surface area (Å²) in [5.74, 6) is 0. The van der Waals surface area contributed by atoms with Crippen molar-refractivity contribution in [2.75, 3.05) is 19.8 Å². The molecular formula is C14H23N3O. The molecule has 1 N–H and O–H groups in total. The van der Waals surface area contributed by atoms with Crippen molar-refractivity contribution in [3.8, 4) is 0 Å². The van der Waals surface area contributed by atoms with Crippen molar-refractivity contribution in [3.05, 3.63) is 18.0 Å². The number of nitrogens with one attached hydrogen (secondary N) is 1. The highest BCUT2D eigenvalue weighted by molar-refractivity contribution is 5.09. The fraction of sp³-hybridized carbons (Fsp3) is 0.786. The minimum Gasteiger partial charge on any atom is -0.381 e. The molecule has 1 saturated heterocycles. The van der Waals surface area contributed by atoms with E-state index in [2.05, 4.69) is 16.6 Å². The highest BCUT2D eigenvalue weighted by Gasteiger charge is 2.35. The molecule has 18 heavy (non-hydrogen) atoms. The van der Waals surface area contributed by atoms with Crippen LogP contribution in [0.1, 0.15) is 31.2 Å². The quantitative estimate of drug-likeness (QED) is 0.860. The van der Waals surface area contributed by atoms with Crippen molar-refractivity contribution in [3.63, 3.8) is 0 Å². The molecule has 1 unspecified atom stereocenters. The number of hydrogen-bond acceptors (Lipinski definition) is 3. The lowest BCUT2D eigenvalue weighted by Crippen LogP contribution is -2.43. The van der Waals surface area contributed by atoms with E-state index in [1.807, 2.05) is 17.9 Å². The Morgan fingerprint density at radius 3 is 3.06 bits per heavy atom. The summed E-state index contributed by atoms with van der Waals surface area (Å²) in [6, 6.07) is 0.776. The molecule has 0 radical (unpaired) electrons. The summed E-state index contributed by atoms with van der Waals surface area (Å²) in [6.07, 6.45) is 10.4. The minimum atomic E-state index is 0.282. The number of aromatic nitrogens is 2. The van der Waals surface area contributed by atoms with Crippen LogP contribution in [0.25, 0.3) is 0 Å². The molecule has 4 nitrogen and oxygen atoms in total. The van der Waals surface area contributed by atoms with E-state index < -0.39 is 0 Å². The molecule has 2 aliphatic rings. The number of aryl methyl sites for hydroxylation is 1. The summed E-state index contributed by atoms with van der Waals surface area (Å²) >= 11 is 0. The van der Waals surface area contributed by atoms with E-state index in [9.17, 15) is 0 Å². The minimum absolute atomic E-state index is 0.282. The Hall–Kier alpha value is -0.870. The maximum absolute atomic E-state index is 5.75. The zero-order valence-corrected chi connectivity index (χ0v) is 11.2. The standard InChI is InChI=1S/C14H23N3O/c1-17-9-12(8-16-17)7-14(5-2-6-18-11-14)10-15-13-3-4-13/h8-9,13,15H,2-7,10-11H2,1H3. The van der Waals surface area contributed by atoms with Crippen LogP contribution >= 0.6 is 0 Å². The van der Waals surface area contributed by atoms with Gasteiger partial charge in [0.25, 0.3) is 0 Å². The van der Waals surface area contributed by atoms with Crippen LogP contribution in [0.3, 0.4) is 0 Å². The Kier molecular flexibility index (Phi) is 3.39. The molecule has 0 aromatic carbocycles. The van der Waals surface area contributed by atoms with Gasteiger partial charge in [-0.2, -0.15) is 5.10 Å². The molecule has 0 spiro atoms. The van der Waals surface area contributed by atoms with Gasteiger partial charge in [0, 0.05) is 37.9 Å². The van der Waals surface area contributed by atoms with Gasteiger partial charge in [-0.3, -0.25) is 4.68 Å². The second-order valence-electron chi connectivity index (χ2n) is 6.01. The molecule has 1 aromatic rings. The summed E-state index contributed by atoms with van der Waals surface area (Å²) in [7, 11) is 1.98. The molecule has 0 bridgehead atoms. The van der Waals surface area contributed by atoms with Crippen molar-refractivity contribution in [1.82, 2.24) is 15.1 Å². The lowest BCUT2D eigenvalue weighted by molar-refractivity contribution is -0.00735. The molecular weight excluding hydrogens is 226 g/mol. The molecule has 100 valence electrons. The van der Waals surface area contributed by atoms with Crippen LogP contribution in [0.15, 0.2) is 12.4 Å². The van der Waals surface area contributed by atoms with Crippen molar-refractivity contribution >= 4 is 0 Å². The Labute approximate surface area is 109 Å². The van der Waals surface area contributed by atoms with Crippen LogP contribution in [-0.4, -0.2) is 35.6 Å². The first kappa shape index (κ1) is 12.2. The van der Waals surface area contributed by atoms with Crippen molar-refractivity contribution in [2.45, 2.75) is 38.1 Å². The first-order valence-electron chi connectivity index (χ1n) is 7.04.